The number of carbonyl (C=O) groups excluding carboxylic acids is 2. The van der Waals surface area contributed by atoms with E-state index in [1.165, 1.54) is 57.1 Å². The van der Waals surface area contributed by atoms with Crippen LogP contribution in [0.2, 0.25) is 0 Å². The number of aryl methyl sites for hydroxylation is 1. The van der Waals surface area contributed by atoms with Gasteiger partial charge < -0.3 is 0 Å². The Morgan fingerprint density at radius 2 is 1.33 bits per heavy atom. The second-order valence-electron chi connectivity index (χ2n) is 6.70. The maximum atomic E-state index is 12.2. The lowest BCUT2D eigenvalue weighted by Gasteiger charge is -2.13. The Kier molecular flexibility index (Phi) is 8.19. The van der Waals surface area contributed by atoms with Gasteiger partial charge in [0.15, 0.2) is 0 Å². The van der Waals surface area contributed by atoms with Crippen LogP contribution in [0.4, 0.5) is 0 Å². The van der Waals surface area contributed by atoms with E-state index >= 15 is 0 Å². The van der Waals surface area contributed by atoms with E-state index in [9.17, 15) is 18.0 Å². The van der Waals surface area contributed by atoms with Gasteiger partial charge in [-0.15, -0.1) is 9.35 Å². The summed E-state index contributed by atoms with van der Waals surface area (Å²) in [4.78, 5) is 22.8. The maximum Gasteiger partial charge on any atom is 0.318 e. The molecule has 0 aliphatic carbocycles. The van der Waals surface area contributed by atoms with Crippen molar-refractivity contribution >= 4 is 21.9 Å². The van der Waals surface area contributed by atoms with Gasteiger partial charge in [0, 0.05) is 12.2 Å². The Balaban J connectivity index is 1.77. The summed E-state index contributed by atoms with van der Waals surface area (Å²) < 4.78 is 29.0. The molecule has 1 aliphatic rings. The summed E-state index contributed by atoms with van der Waals surface area (Å²) in [5.41, 5.74) is 1.05. The van der Waals surface area contributed by atoms with Crippen molar-refractivity contribution < 1.29 is 22.3 Å². The van der Waals surface area contributed by atoms with Gasteiger partial charge in [0.2, 0.25) is 0 Å². The molecule has 27 heavy (non-hydrogen) atoms. The Morgan fingerprint density at radius 3 is 1.89 bits per heavy atom. The van der Waals surface area contributed by atoms with E-state index in [1.54, 1.807) is 12.1 Å². The van der Waals surface area contributed by atoms with E-state index in [4.69, 9.17) is 0 Å². The molecule has 6 nitrogen and oxygen atoms in total. The first-order valence-electron chi connectivity index (χ1n) is 9.53. The SMILES string of the molecule is CCCCCCCCCCc1ccc(S(=O)(=O)ON2C(=O)C=CC2=O)cc1. The van der Waals surface area contributed by atoms with Crippen molar-refractivity contribution in [3.63, 3.8) is 0 Å². The van der Waals surface area contributed by atoms with Crippen LogP contribution in [0.15, 0.2) is 41.3 Å². The van der Waals surface area contributed by atoms with Crippen molar-refractivity contribution in [2.24, 2.45) is 0 Å². The fourth-order valence-corrected chi connectivity index (χ4v) is 3.79. The van der Waals surface area contributed by atoms with E-state index < -0.39 is 21.9 Å². The van der Waals surface area contributed by atoms with Gasteiger partial charge in [0.25, 0.3) is 11.8 Å². The Bertz CT molecular complexity index is 750. The summed E-state index contributed by atoms with van der Waals surface area (Å²) in [5, 5.41) is 0.240. The highest BCUT2D eigenvalue weighted by molar-refractivity contribution is 7.86. The third-order valence-electron chi connectivity index (χ3n) is 4.47. The fraction of sp³-hybridized carbons (Fsp3) is 0.500. The van der Waals surface area contributed by atoms with Gasteiger partial charge in [0.1, 0.15) is 0 Å². The Labute approximate surface area is 161 Å². The molecule has 0 N–H and O–H groups in total. The maximum absolute atomic E-state index is 12.2. The molecular formula is C20H27NO5S. The fourth-order valence-electron chi connectivity index (χ4n) is 2.89. The zero-order valence-corrected chi connectivity index (χ0v) is 16.5. The first-order valence-corrected chi connectivity index (χ1v) is 10.9. The molecule has 0 radical (unpaired) electrons. The zero-order chi connectivity index (χ0) is 19.7. The number of nitrogens with zero attached hydrogens (tertiary/aromatic N) is 1. The highest BCUT2D eigenvalue weighted by Gasteiger charge is 2.31. The van der Waals surface area contributed by atoms with E-state index in [2.05, 4.69) is 11.2 Å². The first kappa shape index (κ1) is 21.3. The molecular weight excluding hydrogens is 366 g/mol. The van der Waals surface area contributed by atoms with Crippen molar-refractivity contribution in [2.45, 2.75) is 69.6 Å². The van der Waals surface area contributed by atoms with Crippen LogP contribution in [0.3, 0.4) is 0 Å². The van der Waals surface area contributed by atoms with Gasteiger partial charge in [-0.1, -0.05) is 64.0 Å². The molecule has 1 aliphatic heterocycles. The molecule has 1 aromatic carbocycles. The van der Waals surface area contributed by atoms with Crippen molar-refractivity contribution in [3.8, 4) is 0 Å². The summed E-state index contributed by atoms with van der Waals surface area (Å²) in [6.07, 6.45) is 12.8. The molecule has 1 aromatic rings. The topological polar surface area (TPSA) is 80.8 Å². The molecule has 0 atom stereocenters. The average Bonchev–Trinajstić information content (AvgIpc) is 2.96. The lowest BCUT2D eigenvalue weighted by molar-refractivity contribution is -0.161. The van der Waals surface area contributed by atoms with Crippen molar-refractivity contribution in [1.29, 1.82) is 0 Å². The minimum Gasteiger partial charge on any atom is -0.267 e. The molecule has 0 aromatic heterocycles. The Morgan fingerprint density at radius 1 is 0.815 bits per heavy atom. The van der Waals surface area contributed by atoms with Crippen LogP contribution in [0, 0.1) is 0 Å². The van der Waals surface area contributed by atoms with Gasteiger partial charge in [-0.05, 0) is 30.5 Å². The summed E-state index contributed by atoms with van der Waals surface area (Å²) >= 11 is 0. The number of hydroxylamine groups is 2. The second-order valence-corrected chi connectivity index (χ2v) is 8.23. The largest absolute Gasteiger partial charge is 0.318 e. The number of carbonyl (C=O) groups is 2. The summed E-state index contributed by atoms with van der Waals surface area (Å²) in [5.74, 6) is -1.62. The third kappa shape index (κ3) is 6.59. The number of hydrogen-bond donors (Lipinski definition) is 0. The number of imide groups is 1. The van der Waals surface area contributed by atoms with Crippen LogP contribution < -0.4 is 0 Å². The lowest BCUT2D eigenvalue weighted by atomic mass is 10.0. The minimum absolute atomic E-state index is 0.0883. The number of amides is 2. The average molecular weight is 394 g/mol. The number of rotatable bonds is 12. The number of unbranched alkanes of at least 4 members (excludes halogenated alkanes) is 7. The van der Waals surface area contributed by atoms with Gasteiger partial charge in [-0.2, -0.15) is 8.42 Å². The number of benzene rings is 1. The molecule has 2 amide bonds. The van der Waals surface area contributed by atoms with E-state index in [1.807, 2.05) is 0 Å². The van der Waals surface area contributed by atoms with Crippen molar-refractivity contribution in [1.82, 2.24) is 5.06 Å². The summed E-state index contributed by atoms with van der Waals surface area (Å²) in [6.45, 7) is 2.21. The number of hydrogen-bond acceptors (Lipinski definition) is 5. The summed E-state index contributed by atoms with van der Waals surface area (Å²) in [6, 6.07) is 6.36. The van der Waals surface area contributed by atoms with E-state index in [-0.39, 0.29) is 9.96 Å². The smallest absolute Gasteiger partial charge is 0.267 e. The highest BCUT2D eigenvalue weighted by atomic mass is 32.2. The van der Waals surface area contributed by atoms with Gasteiger partial charge in [-0.25, -0.2) is 0 Å². The van der Waals surface area contributed by atoms with Crippen LogP contribution in [-0.4, -0.2) is 25.3 Å². The molecule has 0 bridgehead atoms. The molecule has 0 saturated carbocycles. The quantitative estimate of drug-likeness (QED) is 0.397. The standard InChI is InChI=1S/C20H27NO5S/c1-2-3-4-5-6-7-8-9-10-17-11-13-18(14-12-17)27(24,25)26-21-19(22)15-16-20(21)23/h11-16H,2-10H2,1H3. The predicted octanol–water partition coefficient (Wildman–Crippen LogP) is 3.92. The highest BCUT2D eigenvalue weighted by Crippen LogP contribution is 2.18. The molecule has 0 spiro atoms. The Hall–Kier alpha value is -1.99. The molecule has 0 unspecified atom stereocenters. The van der Waals surface area contributed by atoms with Crippen LogP contribution >= 0.6 is 0 Å². The molecule has 2 rings (SSSR count). The van der Waals surface area contributed by atoms with Crippen LogP contribution in [0.5, 0.6) is 0 Å². The molecule has 1 heterocycles. The van der Waals surface area contributed by atoms with Crippen molar-refractivity contribution in [3.05, 3.63) is 42.0 Å². The van der Waals surface area contributed by atoms with Crippen LogP contribution in [-0.2, 0) is 30.4 Å². The summed E-state index contributed by atoms with van der Waals surface area (Å²) in [7, 11) is -4.22. The van der Waals surface area contributed by atoms with Crippen molar-refractivity contribution in [2.75, 3.05) is 0 Å². The van der Waals surface area contributed by atoms with Gasteiger partial charge in [-0.3, -0.25) is 9.59 Å². The zero-order valence-electron chi connectivity index (χ0n) is 15.7. The van der Waals surface area contributed by atoms with Crippen LogP contribution in [0.25, 0.3) is 0 Å². The normalized spacial score (nSPS) is 14.3. The predicted molar refractivity (Wildman–Crippen MR) is 102 cm³/mol. The minimum atomic E-state index is -4.22. The monoisotopic (exact) mass is 393 g/mol. The molecule has 0 fully saturated rings. The van der Waals surface area contributed by atoms with Gasteiger partial charge in [0.05, 0.1) is 4.90 Å². The first-order chi connectivity index (χ1) is 12.9. The van der Waals surface area contributed by atoms with E-state index in [0.29, 0.717) is 0 Å². The van der Waals surface area contributed by atoms with Gasteiger partial charge >= 0.3 is 10.1 Å². The van der Waals surface area contributed by atoms with E-state index in [0.717, 1.165) is 30.6 Å². The lowest BCUT2D eigenvalue weighted by Crippen LogP contribution is -2.32. The van der Waals surface area contributed by atoms with Crippen LogP contribution in [0.1, 0.15) is 63.9 Å². The molecule has 148 valence electrons. The molecule has 7 heteroatoms. The molecule has 0 saturated heterocycles. The third-order valence-corrected chi connectivity index (χ3v) is 5.67. The second kappa shape index (κ2) is 10.4.